The summed E-state index contributed by atoms with van der Waals surface area (Å²) in [6, 6.07) is 11.3. The van der Waals surface area contributed by atoms with Gasteiger partial charge in [-0.1, -0.05) is 42.4 Å². The van der Waals surface area contributed by atoms with Crippen LogP contribution in [-0.4, -0.2) is 54.4 Å². The maximum Gasteiger partial charge on any atom is 0.273 e. The molecule has 1 aromatic heterocycles. The number of aromatic nitrogens is 1. The maximum atomic E-state index is 12.5. The zero-order valence-corrected chi connectivity index (χ0v) is 14.8. The van der Waals surface area contributed by atoms with Gasteiger partial charge in [0.2, 0.25) is 0 Å². The first-order valence-corrected chi connectivity index (χ1v) is 8.75. The van der Waals surface area contributed by atoms with E-state index in [1.165, 1.54) is 0 Å². The Bertz CT molecular complexity index is 695. The van der Waals surface area contributed by atoms with Crippen molar-refractivity contribution in [3.63, 3.8) is 0 Å². The molecule has 3 rings (SSSR count). The smallest absolute Gasteiger partial charge is 0.273 e. The van der Waals surface area contributed by atoms with Crippen LogP contribution in [0.5, 0.6) is 0 Å². The Morgan fingerprint density at radius 1 is 1.28 bits per heavy atom. The average Bonchev–Trinajstić information content (AvgIpc) is 3.17. The second kappa shape index (κ2) is 7.80. The zero-order valence-electron chi connectivity index (χ0n) is 14.8. The molecule has 1 N–H and O–H groups in total. The fourth-order valence-corrected chi connectivity index (χ4v) is 3.05. The monoisotopic (exact) mass is 343 g/mol. The van der Waals surface area contributed by atoms with E-state index < -0.39 is 0 Å². The third-order valence-electron chi connectivity index (χ3n) is 4.97. The second-order valence-corrected chi connectivity index (χ2v) is 6.58. The molecule has 1 atom stereocenters. The normalized spacial score (nSPS) is 17.8. The van der Waals surface area contributed by atoms with Gasteiger partial charge in [-0.15, -0.1) is 0 Å². The van der Waals surface area contributed by atoms with Crippen molar-refractivity contribution < 1.29 is 14.1 Å². The van der Waals surface area contributed by atoms with Crippen molar-refractivity contribution in [3.05, 3.63) is 42.1 Å². The number of rotatable bonds is 6. The highest BCUT2D eigenvalue weighted by atomic mass is 16.5. The molecule has 0 aliphatic carbocycles. The molecule has 0 unspecified atom stereocenters. The SMILES string of the molecule is CC[C@@](C)(CNC(=O)c1cc(-c2ccccc2)on1)N1CCOCC1. The summed E-state index contributed by atoms with van der Waals surface area (Å²) in [5.41, 5.74) is 1.12. The lowest BCUT2D eigenvalue weighted by molar-refractivity contribution is -0.0169. The summed E-state index contributed by atoms with van der Waals surface area (Å²) < 4.78 is 10.7. The first kappa shape index (κ1) is 17.6. The van der Waals surface area contributed by atoms with Crippen molar-refractivity contribution in [1.29, 1.82) is 0 Å². The highest BCUT2D eigenvalue weighted by molar-refractivity contribution is 5.93. The predicted molar refractivity (Wildman–Crippen MR) is 95.4 cm³/mol. The van der Waals surface area contributed by atoms with E-state index in [-0.39, 0.29) is 11.4 Å². The van der Waals surface area contributed by atoms with Crippen molar-refractivity contribution >= 4 is 5.91 Å². The molecule has 0 bridgehead atoms. The van der Waals surface area contributed by atoms with Crippen LogP contribution in [0.4, 0.5) is 0 Å². The van der Waals surface area contributed by atoms with Gasteiger partial charge in [-0.25, -0.2) is 0 Å². The molecule has 134 valence electrons. The van der Waals surface area contributed by atoms with Crippen LogP contribution >= 0.6 is 0 Å². The fraction of sp³-hybridized carbons (Fsp3) is 0.474. The molecule has 1 aliphatic rings. The lowest BCUT2D eigenvalue weighted by Gasteiger charge is -2.42. The number of nitrogens with zero attached hydrogens (tertiary/aromatic N) is 2. The van der Waals surface area contributed by atoms with Gasteiger partial charge < -0.3 is 14.6 Å². The third-order valence-corrected chi connectivity index (χ3v) is 4.97. The quantitative estimate of drug-likeness (QED) is 0.873. The molecule has 1 fully saturated rings. The van der Waals surface area contributed by atoms with Crippen molar-refractivity contribution in [3.8, 4) is 11.3 Å². The van der Waals surface area contributed by atoms with E-state index in [2.05, 4.69) is 29.2 Å². The number of hydrogen-bond donors (Lipinski definition) is 1. The van der Waals surface area contributed by atoms with Gasteiger partial charge in [0.1, 0.15) is 0 Å². The third kappa shape index (κ3) is 4.08. The van der Waals surface area contributed by atoms with E-state index in [0.717, 1.165) is 38.3 Å². The average molecular weight is 343 g/mol. The van der Waals surface area contributed by atoms with Gasteiger partial charge in [-0.2, -0.15) is 0 Å². The van der Waals surface area contributed by atoms with E-state index in [1.54, 1.807) is 6.07 Å². The van der Waals surface area contributed by atoms with Crippen molar-refractivity contribution in [2.24, 2.45) is 0 Å². The molecular weight excluding hydrogens is 318 g/mol. The summed E-state index contributed by atoms with van der Waals surface area (Å²) in [6.45, 7) is 8.16. The van der Waals surface area contributed by atoms with Gasteiger partial charge in [0, 0.05) is 36.8 Å². The lowest BCUT2D eigenvalue weighted by Crippen LogP contribution is -2.56. The van der Waals surface area contributed by atoms with Gasteiger partial charge >= 0.3 is 0 Å². The lowest BCUT2D eigenvalue weighted by atomic mass is 9.95. The maximum absolute atomic E-state index is 12.5. The van der Waals surface area contributed by atoms with Gasteiger partial charge in [0.25, 0.3) is 5.91 Å². The summed E-state index contributed by atoms with van der Waals surface area (Å²) in [5.74, 6) is 0.385. The molecule has 0 spiro atoms. The molecule has 6 nitrogen and oxygen atoms in total. The Labute approximate surface area is 148 Å². The Kier molecular flexibility index (Phi) is 5.50. The van der Waals surface area contributed by atoms with Crippen molar-refractivity contribution in [1.82, 2.24) is 15.4 Å². The van der Waals surface area contributed by atoms with Gasteiger partial charge in [0.05, 0.1) is 13.2 Å². The Morgan fingerprint density at radius 2 is 2.00 bits per heavy atom. The second-order valence-electron chi connectivity index (χ2n) is 6.58. The highest BCUT2D eigenvalue weighted by Gasteiger charge is 2.32. The summed E-state index contributed by atoms with van der Waals surface area (Å²) in [4.78, 5) is 14.8. The first-order chi connectivity index (χ1) is 12.1. The molecule has 6 heteroatoms. The zero-order chi connectivity index (χ0) is 17.7. The van der Waals surface area contributed by atoms with E-state index in [4.69, 9.17) is 9.26 Å². The number of ether oxygens (including phenoxy) is 1. The number of hydrogen-bond acceptors (Lipinski definition) is 5. The van der Waals surface area contributed by atoms with Crippen molar-refractivity contribution in [2.75, 3.05) is 32.8 Å². The molecule has 0 radical (unpaired) electrons. The number of amides is 1. The molecule has 0 saturated carbocycles. The van der Waals surface area contributed by atoms with Gasteiger partial charge in [-0.3, -0.25) is 9.69 Å². The molecule has 1 amide bonds. The molecule has 25 heavy (non-hydrogen) atoms. The minimum Gasteiger partial charge on any atom is -0.379 e. The van der Waals surface area contributed by atoms with E-state index in [0.29, 0.717) is 18.0 Å². The van der Waals surface area contributed by atoms with Crippen LogP contribution in [0.1, 0.15) is 30.8 Å². The Balaban J connectivity index is 1.63. The van der Waals surface area contributed by atoms with E-state index >= 15 is 0 Å². The largest absolute Gasteiger partial charge is 0.379 e. The number of benzene rings is 1. The van der Waals surface area contributed by atoms with Crippen molar-refractivity contribution in [2.45, 2.75) is 25.8 Å². The molecular formula is C19H25N3O3. The molecule has 1 aromatic carbocycles. The molecule has 2 heterocycles. The Hall–Kier alpha value is -2.18. The van der Waals surface area contributed by atoms with Crippen LogP contribution in [0.25, 0.3) is 11.3 Å². The number of morpholine rings is 1. The van der Waals surface area contributed by atoms with Gasteiger partial charge in [-0.05, 0) is 13.3 Å². The highest BCUT2D eigenvalue weighted by Crippen LogP contribution is 2.21. The summed E-state index contributed by atoms with van der Waals surface area (Å²) in [6.07, 6.45) is 0.946. The minimum absolute atomic E-state index is 0.0918. The summed E-state index contributed by atoms with van der Waals surface area (Å²) >= 11 is 0. The van der Waals surface area contributed by atoms with E-state index in [1.807, 2.05) is 30.3 Å². The molecule has 2 aromatic rings. The van der Waals surface area contributed by atoms with Crippen LogP contribution in [0, 0.1) is 0 Å². The van der Waals surface area contributed by atoms with Crippen LogP contribution in [0.2, 0.25) is 0 Å². The number of nitrogens with one attached hydrogen (secondary N) is 1. The fourth-order valence-electron chi connectivity index (χ4n) is 3.05. The van der Waals surface area contributed by atoms with Crippen LogP contribution < -0.4 is 5.32 Å². The predicted octanol–water partition coefficient (Wildman–Crippen LogP) is 2.57. The topological polar surface area (TPSA) is 67.6 Å². The summed E-state index contributed by atoms with van der Waals surface area (Å²) in [7, 11) is 0. The number of carbonyl (C=O) groups is 1. The van der Waals surface area contributed by atoms with E-state index in [9.17, 15) is 4.79 Å². The standard InChI is InChI=1S/C19H25N3O3/c1-3-19(2,22-9-11-24-12-10-22)14-20-18(23)16-13-17(25-21-16)15-7-5-4-6-8-15/h4-8,13H,3,9-12,14H2,1-2H3,(H,20,23)/t19-/m0/s1. The Morgan fingerprint density at radius 3 is 2.68 bits per heavy atom. The van der Waals surface area contributed by atoms with Crippen LogP contribution in [-0.2, 0) is 4.74 Å². The molecule has 1 saturated heterocycles. The number of carbonyl (C=O) groups excluding carboxylic acids is 1. The minimum atomic E-state index is -0.209. The molecule has 1 aliphatic heterocycles. The summed E-state index contributed by atoms with van der Waals surface area (Å²) in [5, 5.41) is 6.92. The first-order valence-electron chi connectivity index (χ1n) is 8.75. The van der Waals surface area contributed by atoms with Gasteiger partial charge in [0.15, 0.2) is 11.5 Å². The van der Waals surface area contributed by atoms with Crippen LogP contribution in [0.15, 0.2) is 40.9 Å². The van der Waals surface area contributed by atoms with Crippen LogP contribution in [0.3, 0.4) is 0 Å².